The van der Waals surface area contributed by atoms with Crippen molar-refractivity contribution in [3.8, 4) is 17.2 Å². The minimum atomic E-state index is -0.473. The fourth-order valence-corrected chi connectivity index (χ4v) is 1.82. The van der Waals surface area contributed by atoms with E-state index in [0.29, 0.717) is 5.56 Å². The van der Waals surface area contributed by atoms with Crippen molar-refractivity contribution in [2.45, 2.75) is 0 Å². The van der Waals surface area contributed by atoms with Crippen LogP contribution in [0.5, 0.6) is 17.2 Å². The second-order valence-corrected chi connectivity index (χ2v) is 4.48. The number of amides is 1. The quantitative estimate of drug-likeness (QED) is 0.655. The van der Waals surface area contributed by atoms with Crippen molar-refractivity contribution >= 4 is 12.1 Å². The van der Waals surface area contributed by atoms with Crippen LogP contribution in [0.2, 0.25) is 0 Å². The van der Waals surface area contributed by atoms with Crippen LogP contribution in [0.1, 0.15) is 15.9 Å². The summed E-state index contributed by atoms with van der Waals surface area (Å²) in [6, 6.07) is 8.15. The number of aromatic hydroxyl groups is 1. The number of phenols is 1. The number of benzene rings is 2. The Morgan fingerprint density at radius 1 is 1.17 bits per heavy atom. The molecule has 0 spiro atoms. The standard InChI is InChI=1S/C16H15FN2O4/c1-22-13-7-10(8-14(23-2)15(13)20)9-18-19-16(21)11-3-5-12(17)6-4-11/h3-9,20H,1-2H3,(H,19,21)/b18-9+. The maximum absolute atomic E-state index is 12.8. The highest BCUT2D eigenvalue weighted by Crippen LogP contribution is 2.36. The van der Waals surface area contributed by atoms with Crippen molar-refractivity contribution in [1.29, 1.82) is 0 Å². The lowest BCUT2D eigenvalue weighted by Crippen LogP contribution is -2.17. The number of hydrazone groups is 1. The highest BCUT2D eigenvalue weighted by molar-refractivity contribution is 5.94. The van der Waals surface area contributed by atoms with Crippen molar-refractivity contribution in [3.63, 3.8) is 0 Å². The number of ether oxygens (including phenoxy) is 2. The van der Waals surface area contributed by atoms with Gasteiger partial charge in [-0.3, -0.25) is 4.79 Å². The zero-order valence-electron chi connectivity index (χ0n) is 12.5. The first kappa shape index (κ1) is 16.3. The number of nitrogens with zero attached hydrogens (tertiary/aromatic N) is 1. The summed E-state index contributed by atoms with van der Waals surface area (Å²) in [5, 5.41) is 13.6. The van der Waals surface area contributed by atoms with Gasteiger partial charge in [-0.2, -0.15) is 5.10 Å². The number of nitrogens with one attached hydrogen (secondary N) is 1. The molecule has 120 valence electrons. The molecule has 7 heteroatoms. The Balaban J connectivity index is 2.11. The van der Waals surface area contributed by atoms with E-state index >= 15 is 0 Å². The van der Waals surface area contributed by atoms with Gasteiger partial charge < -0.3 is 14.6 Å². The number of hydrogen-bond donors (Lipinski definition) is 2. The van der Waals surface area contributed by atoms with E-state index in [1.807, 2.05) is 0 Å². The zero-order chi connectivity index (χ0) is 16.8. The zero-order valence-corrected chi connectivity index (χ0v) is 12.5. The fraction of sp³-hybridized carbons (Fsp3) is 0.125. The average molecular weight is 318 g/mol. The van der Waals surface area contributed by atoms with Crippen LogP contribution in [0.3, 0.4) is 0 Å². The lowest BCUT2D eigenvalue weighted by atomic mass is 10.2. The highest BCUT2D eigenvalue weighted by atomic mass is 19.1. The molecule has 0 aliphatic carbocycles. The molecule has 0 aliphatic rings. The third-order valence-corrected chi connectivity index (χ3v) is 2.99. The molecule has 6 nitrogen and oxygen atoms in total. The number of hydrogen-bond acceptors (Lipinski definition) is 5. The van der Waals surface area contributed by atoms with Gasteiger partial charge in [-0.25, -0.2) is 9.82 Å². The van der Waals surface area contributed by atoms with Crippen LogP contribution in [0.25, 0.3) is 0 Å². The summed E-state index contributed by atoms with van der Waals surface area (Å²) in [4.78, 5) is 11.8. The van der Waals surface area contributed by atoms with Crippen LogP contribution in [0, 0.1) is 5.82 Å². The summed E-state index contributed by atoms with van der Waals surface area (Å²) in [6.45, 7) is 0. The minimum Gasteiger partial charge on any atom is -0.502 e. The van der Waals surface area contributed by atoms with Gasteiger partial charge in [-0.1, -0.05) is 0 Å². The lowest BCUT2D eigenvalue weighted by molar-refractivity contribution is 0.0955. The van der Waals surface area contributed by atoms with Gasteiger partial charge >= 0.3 is 0 Å². The summed E-state index contributed by atoms with van der Waals surface area (Å²) >= 11 is 0. The van der Waals surface area contributed by atoms with E-state index < -0.39 is 11.7 Å². The Bertz CT molecular complexity index is 704. The first-order chi connectivity index (χ1) is 11.0. The molecule has 0 unspecified atom stereocenters. The Morgan fingerprint density at radius 2 is 1.74 bits per heavy atom. The molecule has 0 atom stereocenters. The molecule has 2 rings (SSSR count). The molecule has 0 bridgehead atoms. The maximum Gasteiger partial charge on any atom is 0.271 e. The van der Waals surface area contributed by atoms with Gasteiger partial charge in [-0.15, -0.1) is 0 Å². The maximum atomic E-state index is 12.8. The van der Waals surface area contributed by atoms with Crippen LogP contribution in [0.4, 0.5) is 4.39 Å². The smallest absolute Gasteiger partial charge is 0.271 e. The molecule has 0 saturated carbocycles. The Kier molecular flexibility index (Phi) is 5.14. The number of phenolic OH excluding ortho intramolecular Hbond substituents is 1. The number of rotatable bonds is 5. The second-order valence-electron chi connectivity index (χ2n) is 4.48. The van der Waals surface area contributed by atoms with Crippen molar-refractivity contribution in [1.82, 2.24) is 5.43 Å². The Labute approximate surface area is 132 Å². The van der Waals surface area contributed by atoms with E-state index in [1.54, 1.807) is 0 Å². The van der Waals surface area contributed by atoms with Gasteiger partial charge in [-0.05, 0) is 36.4 Å². The molecular weight excluding hydrogens is 303 g/mol. The number of carbonyl (C=O) groups excluding carboxylic acids is 1. The van der Waals surface area contributed by atoms with Crippen LogP contribution >= 0.6 is 0 Å². The summed E-state index contributed by atoms with van der Waals surface area (Å²) in [5.74, 6) is -0.582. The second kappa shape index (κ2) is 7.26. The molecule has 2 aromatic rings. The minimum absolute atomic E-state index is 0.123. The normalized spacial score (nSPS) is 10.6. The predicted molar refractivity (Wildman–Crippen MR) is 82.7 cm³/mol. The van der Waals surface area contributed by atoms with Gasteiger partial charge in [0.2, 0.25) is 5.75 Å². The third-order valence-electron chi connectivity index (χ3n) is 2.99. The van der Waals surface area contributed by atoms with Crippen molar-refractivity contribution in [2.75, 3.05) is 14.2 Å². The lowest BCUT2D eigenvalue weighted by Gasteiger charge is -2.09. The molecule has 0 radical (unpaired) electrons. The van der Waals surface area contributed by atoms with E-state index in [-0.39, 0.29) is 22.8 Å². The molecule has 0 fully saturated rings. The van der Waals surface area contributed by atoms with Crippen molar-refractivity contribution in [3.05, 3.63) is 53.3 Å². The average Bonchev–Trinajstić information content (AvgIpc) is 2.56. The number of carbonyl (C=O) groups is 1. The molecule has 2 aromatic carbocycles. The Hall–Kier alpha value is -3.09. The summed E-state index contributed by atoms with van der Waals surface area (Å²) in [5.41, 5.74) is 3.15. The topological polar surface area (TPSA) is 80.2 Å². The third kappa shape index (κ3) is 3.97. The molecule has 23 heavy (non-hydrogen) atoms. The van der Waals surface area contributed by atoms with Crippen LogP contribution in [0.15, 0.2) is 41.5 Å². The highest BCUT2D eigenvalue weighted by Gasteiger charge is 2.10. The SMILES string of the molecule is COc1cc(/C=N/NC(=O)c2ccc(F)cc2)cc(OC)c1O. The Morgan fingerprint density at radius 3 is 2.26 bits per heavy atom. The molecule has 0 saturated heterocycles. The first-order valence-electron chi connectivity index (χ1n) is 6.59. The van der Waals surface area contributed by atoms with E-state index in [0.717, 1.165) is 0 Å². The van der Waals surface area contributed by atoms with E-state index in [2.05, 4.69) is 10.5 Å². The molecular formula is C16H15FN2O4. The first-order valence-corrected chi connectivity index (χ1v) is 6.59. The molecule has 0 aromatic heterocycles. The van der Waals surface area contributed by atoms with Crippen LogP contribution in [-0.4, -0.2) is 31.4 Å². The summed E-state index contributed by atoms with van der Waals surface area (Å²) < 4.78 is 22.8. The van der Waals surface area contributed by atoms with Gasteiger partial charge in [0.05, 0.1) is 20.4 Å². The van der Waals surface area contributed by atoms with Gasteiger partial charge in [0.1, 0.15) is 5.82 Å². The van der Waals surface area contributed by atoms with Crippen molar-refractivity contribution in [2.24, 2.45) is 5.10 Å². The van der Waals surface area contributed by atoms with Crippen LogP contribution < -0.4 is 14.9 Å². The number of methoxy groups -OCH3 is 2. The van der Waals surface area contributed by atoms with Gasteiger partial charge in [0.15, 0.2) is 11.5 Å². The predicted octanol–water partition coefficient (Wildman–Crippen LogP) is 2.31. The van der Waals surface area contributed by atoms with Crippen LogP contribution in [-0.2, 0) is 0 Å². The molecule has 1 amide bonds. The number of halogens is 1. The largest absolute Gasteiger partial charge is 0.502 e. The molecule has 0 heterocycles. The van der Waals surface area contributed by atoms with E-state index in [9.17, 15) is 14.3 Å². The summed E-state index contributed by atoms with van der Waals surface area (Å²) in [7, 11) is 2.82. The molecule has 2 N–H and O–H groups in total. The van der Waals surface area contributed by atoms with E-state index in [1.165, 1.54) is 56.8 Å². The van der Waals surface area contributed by atoms with Crippen molar-refractivity contribution < 1.29 is 23.8 Å². The summed E-state index contributed by atoms with van der Waals surface area (Å²) in [6.07, 6.45) is 1.37. The van der Waals surface area contributed by atoms with Gasteiger partial charge in [0, 0.05) is 11.1 Å². The fourth-order valence-electron chi connectivity index (χ4n) is 1.82. The van der Waals surface area contributed by atoms with E-state index in [4.69, 9.17) is 9.47 Å². The monoisotopic (exact) mass is 318 g/mol. The molecule has 0 aliphatic heterocycles. The van der Waals surface area contributed by atoms with Gasteiger partial charge in [0.25, 0.3) is 5.91 Å².